The summed E-state index contributed by atoms with van der Waals surface area (Å²) >= 11 is 0. The maximum atomic E-state index is 12.1. The molecule has 1 rings (SSSR count). The molecule has 0 bridgehead atoms. The number of halogens is 3. The molecule has 0 radical (unpaired) electrons. The fraction of sp³-hybridized carbons (Fsp3) is 0.556. The van der Waals surface area contributed by atoms with Crippen LogP contribution in [0, 0.1) is 5.92 Å². The maximum Gasteiger partial charge on any atom is 0.417 e. The van der Waals surface area contributed by atoms with Gasteiger partial charge in [0, 0.05) is 12.2 Å². The van der Waals surface area contributed by atoms with Crippen LogP contribution in [0.2, 0.25) is 0 Å². The summed E-state index contributed by atoms with van der Waals surface area (Å²) in [7, 11) is 0. The molecule has 1 heterocycles. The van der Waals surface area contributed by atoms with Gasteiger partial charge in [-0.25, -0.2) is 0 Å². The molecule has 0 aromatic heterocycles. The van der Waals surface area contributed by atoms with Gasteiger partial charge in [0.05, 0.1) is 5.57 Å². The number of dihydropyridines is 1. The lowest BCUT2D eigenvalue weighted by Crippen LogP contribution is -2.31. The molecule has 0 spiro atoms. The Morgan fingerprint density at radius 2 is 2.00 bits per heavy atom. The van der Waals surface area contributed by atoms with Crippen molar-refractivity contribution >= 4 is 0 Å². The van der Waals surface area contributed by atoms with E-state index < -0.39 is 11.7 Å². The van der Waals surface area contributed by atoms with Crippen molar-refractivity contribution in [2.75, 3.05) is 0 Å². The first-order valence-electron chi connectivity index (χ1n) is 4.13. The van der Waals surface area contributed by atoms with Crippen LogP contribution in [0.15, 0.2) is 23.9 Å². The zero-order chi connectivity index (χ0) is 10.1. The van der Waals surface area contributed by atoms with Crippen LogP contribution in [-0.2, 0) is 0 Å². The quantitative estimate of drug-likeness (QED) is 0.671. The van der Waals surface area contributed by atoms with E-state index in [0.29, 0.717) is 5.92 Å². The molecule has 0 amide bonds. The largest absolute Gasteiger partial charge is 0.417 e. The van der Waals surface area contributed by atoms with Gasteiger partial charge in [-0.3, -0.25) is 0 Å². The molecule has 1 nitrogen and oxygen atoms in total. The Balaban J connectivity index is 2.66. The molecule has 0 aromatic carbocycles. The third-order valence-corrected chi connectivity index (χ3v) is 1.96. The summed E-state index contributed by atoms with van der Waals surface area (Å²) in [5, 5.41) is 2.71. The van der Waals surface area contributed by atoms with Gasteiger partial charge in [0.15, 0.2) is 0 Å². The number of allylic oxidation sites excluding steroid dienone is 2. The fourth-order valence-corrected chi connectivity index (χ4v) is 1.09. The second kappa shape index (κ2) is 3.44. The highest BCUT2D eigenvalue weighted by Crippen LogP contribution is 2.28. The van der Waals surface area contributed by atoms with E-state index >= 15 is 0 Å². The van der Waals surface area contributed by atoms with E-state index in [1.807, 2.05) is 13.8 Å². The molecule has 1 N–H and O–H groups in total. The van der Waals surface area contributed by atoms with E-state index in [2.05, 4.69) is 5.32 Å². The van der Waals surface area contributed by atoms with Gasteiger partial charge < -0.3 is 5.32 Å². The summed E-state index contributed by atoms with van der Waals surface area (Å²) in [5.41, 5.74) is -0.621. The van der Waals surface area contributed by atoms with E-state index in [0.717, 1.165) is 12.3 Å². The molecule has 0 aromatic rings. The van der Waals surface area contributed by atoms with Crippen LogP contribution >= 0.6 is 0 Å². The smallest absolute Gasteiger partial charge is 0.384 e. The van der Waals surface area contributed by atoms with Crippen molar-refractivity contribution in [3.63, 3.8) is 0 Å². The lowest BCUT2D eigenvalue weighted by atomic mass is 10.0. The van der Waals surface area contributed by atoms with Crippen molar-refractivity contribution in [3.05, 3.63) is 23.9 Å². The van der Waals surface area contributed by atoms with Crippen LogP contribution in [-0.4, -0.2) is 12.2 Å². The van der Waals surface area contributed by atoms with Crippen LogP contribution in [0.25, 0.3) is 0 Å². The monoisotopic (exact) mass is 191 g/mol. The second-order valence-corrected chi connectivity index (χ2v) is 3.39. The molecule has 13 heavy (non-hydrogen) atoms. The summed E-state index contributed by atoms with van der Waals surface area (Å²) in [6.45, 7) is 3.91. The van der Waals surface area contributed by atoms with Gasteiger partial charge in [0.25, 0.3) is 0 Å². The Morgan fingerprint density at radius 3 is 2.31 bits per heavy atom. The van der Waals surface area contributed by atoms with Gasteiger partial charge in [-0.1, -0.05) is 26.0 Å². The highest BCUT2D eigenvalue weighted by atomic mass is 19.4. The Labute approximate surface area is 75.3 Å². The first-order chi connectivity index (χ1) is 5.91. The van der Waals surface area contributed by atoms with E-state index in [9.17, 15) is 13.2 Å². The lowest BCUT2D eigenvalue weighted by molar-refractivity contribution is -0.0888. The Kier molecular flexibility index (Phi) is 2.68. The summed E-state index contributed by atoms with van der Waals surface area (Å²) in [5.74, 6) is 0.294. The number of rotatable bonds is 1. The summed E-state index contributed by atoms with van der Waals surface area (Å²) in [4.78, 5) is 0. The van der Waals surface area contributed by atoms with E-state index in [1.54, 1.807) is 6.08 Å². The second-order valence-electron chi connectivity index (χ2n) is 3.39. The molecule has 1 unspecified atom stereocenters. The van der Waals surface area contributed by atoms with Crippen molar-refractivity contribution in [2.45, 2.75) is 26.1 Å². The third-order valence-electron chi connectivity index (χ3n) is 1.96. The highest BCUT2D eigenvalue weighted by molar-refractivity contribution is 5.28. The zero-order valence-corrected chi connectivity index (χ0v) is 7.52. The lowest BCUT2D eigenvalue weighted by Gasteiger charge is -2.22. The van der Waals surface area contributed by atoms with Gasteiger partial charge in [-0.2, -0.15) is 13.2 Å². The molecule has 1 aliphatic rings. The Bertz CT molecular complexity index is 238. The van der Waals surface area contributed by atoms with E-state index in [4.69, 9.17) is 0 Å². The molecule has 4 heteroatoms. The molecular formula is C9H12F3N. The van der Waals surface area contributed by atoms with Crippen molar-refractivity contribution in [3.8, 4) is 0 Å². The predicted octanol–water partition coefficient (Wildman–Crippen LogP) is 2.62. The minimum atomic E-state index is -4.24. The summed E-state index contributed by atoms with van der Waals surface area (Å²) in [6, 6.07) is 0.00565. The topological polar surface area (TPSA) is 12.0 Å². The predicted molar refractivity (Wildman–Crippen MR) is 45.0 cm³/mol. The number of alkyl halides is 3. The van der Waals surface area contributed by atoms with Crippen LogP contribution < -0.4 is 5.32 Å². The standard InChI is InChI=1S/C9H12F3N/c1-6(2)8-4-3-7(5-13-8)9(10,11)12/h3-6,8,13H,1-2H3. The molecular weight excluding hydrogens is 179 g/mol. The summed E-state index contributed by atoms with van der Waals surface area (Å²) < 4.78 is 36.3. The van der Waals surface area contributed by atoms with E-state index in [1.165, 1.54) is 0 Å². The zero-order valence-electron chi connectivity index (χ0n) is 7.52. The molecule has 0 aliphatic carbocycles. The van der Waals surface area contributed by atoms with Crippen molar-refractivity contribution in [1.82, 2.24) is 5.32 Å². The molecule has 1 aliphatic heterocycles. The van der Waals surface area contributed by atoms with Gasteiger partial charge in [-0.05, 0) is 5.92 Å². The Morgan fingerprint density at radius 1 is 1.38 bits per heavy atom. The SMILES string of the molecule is CC(C)C1C=CC(C(F)(F)F)=CN1. The number of hydrogen-bond acceptors (Lipinski definition) is 1. The molecule has 0 saturated heterocycles. The van der Waals surface area contributed by atoms with Crippen LogP contribution in [0.5, 0.6) is 0 Å². The van der Waals surface area contributed by atoms with Gasteiger partial charge in [0.2, 0.25) is 0 Å². The highest BCUT2D eigenvalue weighted by Gasteiger charge is 2.33. The average Bonchev–Trinajstić information content (AvgIpc) is 2.03. The molecule has 1 atom stereocenters. The molecule has 0 saturated carbocycles. The van der Waals surface area contributed by atoms with Gasteiger partial charge in [0.1, 0.15) is 0 Å². The van der Waals surface area contributed by atoms with Gasteiger partial charge >= 0.3 is 6.18 Å². The number of nitrogens with one attached hydrogen (secondary N) is 1. The third kappa shape index (κ3) is 2.50. The fourth-order valence-electron chi connectivity index (χ4n) is 1.09. The van der Waals surface area contributed by atoms with E-state index in [-0.39, 0.29) is 6.04 Å². The van der Waals surface area contributed by atoms with Crippen LogP contribution in [0.3, 0.4) is 0 Å². The summed E-state index contributed by atoms with van der Waals surface area (Å²) in [6.07, 6.45) is -0.537. The van der Waals surface area contributed by atoms with Crippen molar-refractivity contribution < 1.29 is 13.2 Å². The van der Waals surface area contributed by atoms with Crippen LogP contribution in [0.1, 0.15) is 13.8 Å². The van der Waals surface area contributed by atoms with Crippen LogP contribution in [0.4, 0.5) is 13.2 Å². The maximum absolute atomic E-state index is 12.1. The molecule has 0 fully saturated rings. The first kappa shape index (κ1) is 10.2. The first-order valence-corrected chi connectivity index (χ1v) is 4.13. The normalized spacial score (nSPS) is 22.9. The average molecular weight is 191 g/mol. The van der Waals surface area contributed by atoms with Crippen molar-refractivity contribution in [1.29, 1.82) is 0 Å². The Hall–Kier alpha value is -0.930. The minimum Gasteiger partial charge on any atom is -0.384 e. The van der Waals surface area contributed by atoms with Gasteiger partial charge in [-0.15, -0.1) is 0 Å². The number of hydrogen-bond donors (Lipinski definition) is 1. The van der Waals surface area contributed by atoms with Crippen molar-refractivity contribution in [2.24, 2.45) is 5.92 Å². The minimum absolute atomic E-state index is 0.00565. The molecule has 74 valence electrons.